The van der Waals surface area contributed by atoms with Crippen LogP contribution in [-0.4, -0.2) is 0 Å². The standard InChI is InChI=1S/C16H23Cl/c1-2-3-4-5-6-7-8-9-12-15-13-10-11-14-16(15)17/h2,10-11,13-14H,1,3-9,12H2. The molecule has 0 saturated carbocycles. The molecule has 0 aliphatic rings. The molecule has 94 valence electrons. The molecule has 0 saturated heterocycles. The molecule has 1 rings (SSSR count). The molecule has 17 heavy (non-hydrogen) atoms. The Morgan fingerprint density at radius 1 is 0.941 bits per heavy atom. The second-order valence-corrected chi connectivity index (χ2v) is 4.95. The number of aryl methyl sites for hydroxylation is 1. The molecule has 0 aliphatic carbocycles. The monoisotopic (exact) mass is 250 g/mol. The van der Waals surface area contributed by atoms with Crippen molar-refractivity contribution in [3.05, 3.63) is 47.5 Å². The summed E-state index contributed by atoms with van der Waals surface area (Å²) in [6.45, 7) is 3.74. The van der Waals surface area contributed by atoms with Crippen LogP contribution in [0.15, 0.2) is 36.9 Å². The van der Waals surface area contributed by atoms with Gasteiger partial charge in [0.1, 0.15) is 0 Å². The van der Waals surface area contributed by atoms with Gasteiger partial charge in [-0.15, -0.1) is 6.58 Å². The maximum atomic E-state index is 6.11. The van der Waals surface area contributed by atoms with Gasteiger partial charge in [0, 0.05) is 5.02 Å². The fourth-order valence-corrected chi connectivity index (χ4v) is 2.24. The lowest BCUT2D eigenvalue weighted by Crippen LogP contribution is -1.87. The normalized spacial score (nSPS) is 10.4. The van der Waals surface area contributed by atoms with E-state index in [4.69, 9.17) is 11.6 Å². The van der Waals surface area contributed by atoms with Crippen LogP contribution in [0.4, 0.5) is 0 Å². The fraction of sp³-hybridized carbons (Fsp3) is 0.500. The Labute approximate surface area is 111 Å². The van der Waals surface area contributed by atoms with Crippen molar-refractivity contribution in [2.75, 3.05) is 0 Å². The van der Waals surface area contributed by atoms with Crippen LogP contribution in [0.5, 0.6) is 0 Å². The highest BCUT2D eigenvalue weighted by Crippen LogP contribution is 2.18. The molecule has 1 heteroatoms. The van der Waals surface area contributed by atoms with E-state index < -0.39 is 0 Å². The van der Waals surface area contributed by atoms with Crippen molar-refractivity contribution >= 4 is 11.6 Å². The summed E-state index contributed by atoms with van der Waals surface area (Å²) in [4.78, 5) is 0. The molecule has 0 nitrogen and oxygen atoms in total. The molecule has 0 amide bonds. The lowest BCUT2D eigenvalue weighted by Gasteiger charge is -2.04. The van der Waals surface area contributed by atoms with Crippen LogP contribution in [0.1, 0.15) is 50.5 Å². The van der Waals surface area contributed by atoms with Gasteiger partial charge in [0.2, 0.25) is 0 Å². The quantitative estimate of drug-likeness (QED) is 0.384. The number of hydrogen-bond donors (Lipinski definition) is 0. The number of rotatable bonds is 9. The molecule has 1 aromatic carbocycles. The molecule has 0 unspecified atom stereocenters. The summed E-state index contributed by atoms with van der Waals surface area (Å²) in [5.74, 6) is 0. The fourth-order valence-electron chi connectivity index (χ4n) is 2.01. The zero-order valence-corrected chi connectivity index (χ0v) is 11.4. The van der Waals surface area contributed by atoms with E-state index in [9.17, 15) is 0 Å². The Hall–Kier alpha value is -0.750. The third-order valence-electron chi connectivity index (χ3n) is 3.06. The van der Waals surface area contributed by atoms with Gasteiger partial charge in [-0.05, 0) is 37.3 Å². The van der Waals surface area contributed by atoms with Crippen LogP contribution in [0.3, 0.4) is 0 Å². The van der Waals surface area contributed by atoms with Crippen LogP contribution in [0, 0.1) is 0 Å². The van der Waals surface area contributed by atoms with Gasteiger partial charge in [-0.1, -0.05) is 61.6 Å². The zero-order valence-electron chi connectivity index (χ0n) is 10.6. The third-order valence-corrected chi connectivity index (χ3v) is 3.43. The number of allylic oxidation sites excluding steroid dienone is 1. The zero-order chi connectivity index (χ0) is 12.3. The first-order valence-electron chi connectivity index (χ1n) is 6.69. The van der Waals surface area contributed by atoms with Gasteiger partial charge in [0.15, 0.2) is 0 Å². The van der Waals surface area contributed by atoms with Crippen molar-refractivity contribution in [2.24, 2.45) is 0 Å². The molecule has 0 atom stereocenters. The summed E-state index contributed by atoms with van der Waals surface area (Å²) in [6.07, 6.45) is 12.2. The van der Waals surface area contributed by atoms with Crippen molar-refractivity contribution in [3.8, 4) is 0 Å². The summed E-state index contributed by atoms with van der Waals surface area (Å²) in [7, 11) is 0. The minimum atomic E-state index is 0.915. The summed E-state index contributed by atoms with van der Waals surface area (Å²) in [5, 5.41) is 0.915. The Balaban J connectivity index is 2.01. The smallest absolute Gasteiger partial charge is 0.0437 e. The first-order chi connectivity index (χ1) is 8.34. The first-order valence-corrected chi connectivity index (χ1v) is 7.06. The molecule has 0 fully saturated rings. The SMILES string of the molecule is C=CCCCCCCCCc1ccccc1Cl. The van der Waals surface area contributed by atoms with Crippen LogP contribution in [0.2, 0.25) is 5.02 Å². The summed E-state index contributed by atoms with van der Waals surface area (Å²) in [5.41, 5.74) is 1.29. The summed E-state index contributed by atoms with van der Waals surface area (Å²) in [6, 6.07) is 8.17. The van der Waals surface area contributed by atoms with E-state index in [1.807, 2.05) is 18.2 Å². The molecular weight excluding hydrogens is 228 g/mol. The van der Waals surface area contributed by atoms with Gasteiger partial charge in [-0.3, -0.25) is 0 Å². The Bertz CT molecular complexity index is 317. The second-order valence-electron chi connectivity index (χ2n) is 4.54. The van der Waals surface area contributed by atoms with Gasteiger partial charge < -0.3 is 0 Å². The average Bonchev–Trinajstić information content (AvgIpc) is 2.35. The second kappa shape index (κ2) is 9.30. The molecule has 1 aromatic rings. The number of halogens is 1. The molecule has 0 aliphatic heterocycles. The average molecular weight is 251 g/mol. The van der Waals surface area contributed by atoms with Gasteiger partial charge in [0.05, 0.1) is 0 Å². The summed E-state index contributed by atoms with van der Waals surface area (Å²) >= 11 is 6.11. The third kappa shape index (κ3) is 6.53. The van der Waals surface area contributed by atoms with E-state index in [2.05, 4.69) is 18.7 Å². The highest BCUT2D eigenvalue weighted by atomic mass is 35.5. The maximum absolute atomic E-state index is 6.11. The Morgan fingerprint density at radius 3 is 2.29 bits per heavy atom. The molecule has 0 aromatic heterocycles. The molecule has 0 spiro atoms. The molecule has 0 heterocycles. The van der Waals surface area contributed by atoms with Crippen LogP contribution in [0.25, 0.3) is 0 Å². The lowest BCUT2D eigenvalue weighted by atomic mass is 10.0. The highest BCUT2D eigenvalue weighted by molar-refractivity contribution is 6.31. The highest BCUT2D eigenvalue weighted by Gasteiger charge is 1.98. The minimum absolute atomic E-state index is 0.915. The van der Waals surface area contributed by atoms with Crippen LogP contribution >= 0.6 is 11.6 Å². The minimum Gasteiger partial charge on any atom is -0.103 e. The van der Waals surface area contributed by atoms with Crippen LogP contribution < -0.4 is 0 Å². The van der Waals surface area contributed by atoms with E-state index in [1.54, 1.807) is 0 Å². The van der Waals surface area contributed by atoms with E-state index in [0.29, 0.717) is 0 Å². The van der Waals surface area contributed by atoms with Gasteiger partial charge in [-0.2, -0.15) is 0 Å². The van der Waals surface area contributed by atoms with E-state index in [1.165, 1.54) is 50.5 Å². The topological polar surface area (TPSA) is 0 Å². The van der Waals surface area contributed by atoms with Crippen LogP contribution in [-0.2, 0) is 6.42 Å². The van der Waals surface area contributed by atoms with E-state index in [0.717, 1.165) is 11.4 Å². The van der Waals surface area contributed by atoms with Gasteiger partial charge >= 0.3 is 0 Å². The van der Waals surface area contributed by atoms with Crippen molar-refractivity contribution in [3.63, 3.8) is 0 Å². The lowest BCUT2D eigenvalue weighted by molar-refractivity contribution is 0.597. The first kappa shape index (κ1) is 14.3. The number of benzene rings is 1. The summed E-state index contributed by atoms with van der Waals surface area (Å²) < 4.78 is 0. The predicted octanol–water partition coefficient (Wildman–Crippen LogP) is 5.80. The number of unbranched alkanes of at least 4 members (excludes halogenated alkanes) is 6. The van der Waals surface area contributed by atoms with Crippen molar-refractivity contribution in [1.82, 2.24) is 0 Å². The number of hydrogen-bond acceptors (Lipinski definition) is 0. The van der Waals surface area contributed by atoms with E-state index in [-0.39, 0.29) is 0 Å². The molecule has 0 N–H and O–H groups in total. The van der Waals surface area contributed by atoms with E-state index >= 15 is 0 Å². The van der Waals surface area contributed by atoms with Crippen molar-refractivity contribution in [1.29, 1.82) is 0 Å². The molecule has 0 radical (unpaired) electrons. The largest absolute Gasteiger partial charge is 0.103 e. The molecule has 0 bridgehead atoms. The van der Waals surface area contributed by atoms with Gasteiger partial charge in [0.25, 0.3) is 0 Å². The van der Waals surface area contributed by atoms with Crippen molar-refractivity contribution < 1.29 is 0 Å². The predicted molar refractivity (Wildman–Crippen MR) is 77.7 cm³/mol. The molecular formula is C16H23Cl. The Kier molecular flexibility index (Phi) is 7.83. The Morgan fingerprint density at radius 2 is 1.59 bits per heavy atom. The van der Waals surface area contributed by atoms with Crippen molar-refractivity contribution in [2.45, 2.75) is 51.4 Å². The van der Waals surface area contributed by atoms with Gasteiger partial charge in [-0.25, -0.2) is 0 Å². The maximum Gasteiger partial charge on any atom is 0.0437 e.